The van der Waals surface area contributed by atoms with Crippen LogP contribution < -0.4 is 9.64 Å². The van der Waals surface area contributed by atoms with E-state index in [1.54, 1.807) is 43.3 Å². The van der Waals surface area contributed by atoms with E-state index >= 15 is 0 Å². The summed E-state index contributed by atoms with van der Waals surface area (Å²) in [5.74, 6) is -0.680. The molecule has 31 heavy (non-hydrogen) atoms. The topological polar surface area (TPSA) is 49.9 Å². The Bertz CT molecular complexity index is 1140. The number of rotatable bonds is 6. The molecule has 0 saturated carbocycles. The zero-order chi connectivity index (χ0) is 22.0. The molecule has 0 bridgehead atoms. The van der Waals surface area contributed by atoms with Gasteiger partial charge in [-0.3, -0.25) is 9.59 Å². The number of benzene rings is 3. The van der Waals surface area contributed by atoms with Crippen LogP contribution in [0, 0.1) is 5.82 Å². The Morgan fingerprint density at radius 3 is 2.13 bits per heavy atom. The molecule has 4 rings (SSSR count). The fourth-order valence-corrected chi connectivity index (χ4v) is 3.65. The molecule has 0 spiro atoms. The number of likely N-dealkylation sites (N-methyl/N-ethyl adjacent to an activating group) is 1. The Labute approximate surface area is 180 Å². The van der Waals surface area contributed by atoms with Crippen LogP contribution in [0.3, 0.4) is 0 Å². The third kappa shape index (κ3) is 3.92. The molecule has 156 valence electrons. The van der Waals surface area contributed by atoms with Gasteiger partial charge in [-0.25, -0.2) is 9.29 Å². The fraction of sp³-hybridized carbons (Fsp3) is 0.120. The van der Waals surface area contributed by atoms with Gasteiger partial charge in [-0.1, -0.05) is 42.5 Å². The molecular weight excluding hydrogens is 395 g/mol. The summed E-state index contributed by atoms with van der Waals surface area (Å²) < 4.78 is 18.6. The number of anilines is 1. The Kier molecular flexibility index (Phi) is 5.54. The standard InChI is InChI=1S/C25H21FN2O3/c1-27(16-17-6-4-3-5-7-17)23-22(18-8-14-21(31-2)15-9-18)24(29)28(25(23)30)20-12-10-19(26)11-13-20/h3-15H,16H2,1-2H3. The van der Waals surface area contributed by atoms with Gasteiger partial charge in [0.15, 0.2) is 0 Å². The minimum atomic E-state index is -0.448. The number of ether oxygens (including phenoxy) is 1. The Balaban J connectivity index is 1.78. The van der Waals surface area contributed by atoms with E-state index in [4.69, 9.17) is 4.74 Å². The van der Waals surface area contributed by atoms with Crippen molar-refractivity contribution >= 4 is 23.1 Å². The second-order valence-electron chi connectivity index (χ2n) is 7.22. The average molecular weight is 416 g/mol. The Morgan fingerprint density at radius 1 is 0.871 bits per heavy atom. The van der Waals surface area contributed by atoms with Crippen LogP contribution in [0.2, 0.25) is 0 Å². The number of imide groups is 1. The lowest BCUT2D eigenvalue weighted by Crippen LogP contribution is -2.34. The van der Waals surface area contributed by atoms with Gasteiger partial charge in [-0.2, -0.15) is 0 Å². The maximum Gasteiger partial charge on any atom is 0.282 e. The second kappa shape index (κ2) is 8.44. The molecule has 0 atom stereocenters. The van der Waals surface area contributed by atoms with Crippen molar-refractivity contribution in [3.8, 4) is 5.75 Å². The van der Waals surface area contributed by atoms with Crippen LogP contribution in [0.5, 0.6) is 5.75 Å². The van der Waals surface area contributed by atoms with Gasteiger partial charge in [-0.15, -0.1) is 0 Å². The van der Waals surface area contributed by atoms with E-state index in [-0.39, 0.29) is 0 Å². The molecule has 0 aromatic heterocycles. The number of halogens is 1. The molecule has 0 N–H and O–H groups in total. The largest absolute Gasteiger partial charge is 0.497 e. The van der Waals surface area contributed by atoms with E-state index in [1.165, 1.54) is 24.3 Å². The monoisotopic (exact) mass is 416 g/mol. The molecule has 1 aliphatic heterocycles. The quantitative estimate of drug-likeness (QED) is 0.564. The highest BCUT2D eigenvalue weighted by Gasteiger charge is 2.41. The number of hydrogen-bond donors (Lipinski definition) is 0. The molecule has 1 aliphatic rings. The summed E-state index contributed by atoms with van der Waals surface area (Å²) in [5.41, 5.74) is 2.54. The zero-order valence-electron chi connectivity index (χ0n) is 17.2. The Hall–Kier alpha value is -3.93. The molecule has 0 aliphatic carbocycles. The molecule has 3 aromatic carbocycles. The van der Waals surface area contributed by atoms with Crippen molar-refractivity contribution in [3.05, 3.63) is 102 Å². The third-order valence-electron chi connectivity index (χ3n) is 5.17. The molecule has 5 nitrogen and oxygen atoms in total. The van der Waals surface area contributed by atoms with Crippen molar-refractivity contribution < 1.29 is 18.7 Å². The van der Waals surface area contributed by atoms with Crippen LogP contribution >= 0.6 is 0 Å². The van der Waals surface area contributed by atoms with E-state index in [0.29, 0.717) is 34.8 Å². The van der Waals surface area contributed by atoms with Crippen molar-refractivity contribution in [3.63, 3.8) is 0 Å². The molecule has 1 heterocycles. The first-order valence-electron chi connectivity index (χ1n) is 9.77. The van der Waals surface area contributed by atoms with Crippen LogP contribution in [0.1, 0.15) is 11.1 Å². The van der Waals surface area contributed by atoms with E-state index in [0.717, 1.165) is 10.5 Å². The summed E-state index contributed by atoms with van der Waals surface area (Å²) in [6, 6.07) is 22.0. The van der Waals surface area contributed by atoms with E-state index in [9.17, 15) is 14.0 Å². The predicted molar refractivity (Wildman–Crippen MR) is 117 cm³/mol. The van der Waals surface area contributed by atoms with Gasteiger partial charge in [0, 0.05) is 13.6 Å². The van der Waals surface area contributed by atoms with Crippen LogP contribution in [0.15, 0.2) is 84.6 Å². The van der Waals surface area contributed by atoms with Crippen LogP contribution in [-0.2, 0) is 16.1 Å². The van der Waals surface area contributed by atoms with Crippen LogP contribution in [0.4, 0.5) is 10.1 Å². The molecule has 3 aromatic rings. The lowest BCUT2D eigenvalue weighted by atomic mass is 10.0. The molecule has 0 radical (unpaired) electrons. The van der Waals surface area contributed by atoms with E-state index in [1.807, 2.05) is 30.3 Å². The summed E-state index contributed by atoms with van der Waals surface area (Å²) in [7, 11) is 3.35. The van der Waals surface area contributed by atoms with Gasteiger partial charge in [0.2, 0.25) is 0 Å². The summed E-state index contributed by atoms with van der Waals surface area (Å²) in [5, 5.41) is 0. The van der Waals surface area contributed by atoms with E-state index in [2.05, 4.69) is 0 Å². The molecule has 0 saturated heterocycles. The lowest BCUT2D eigenvalue weighted by Gasteiger charge is -2.21. The maximum absolute atomic E-state index is 13.4. The smallest absolute Gasteiger partial charge is 0.282 e. The summed E-state index contributed by atoms with van der Waals surface area (Å²) in [6.07, 6.45) is 0. The minimum Gasteiger partial charge on any atom is -0.497 e. The van der Waals surface area contributed by atoms with Gasteiger partial charge in [0.05, 0.1) is 18.4 Å². The van der Waals surface area contributed by atoms with Gasteiger partial charge < -0.3 is 9.64 Å². The van der Waals surface area contributed by atoms with Crippen molar-refractivity contribution in [1.82, 2.24) is 4.90 Å². The first-order chi connectivity index (χ1) is 15.0. The normalized spacial score (nSPS) is 13.7. The van der Waals surface area contributed by atoms with E-state index < -0.39 is 17.6 Å². The number of nitrogens with zero attached hydrogens (tertiary/aromatic N) is 2. The highest BCUT2D eigenvalue weighted by Crippen LogP contribution is 2.35. The van der Waals surface area contributed by atoms with Gasteiger partial charge >= 0.3 is 0 Å². The zero-order valence-corrected chi connectivity index (χ0v) is 17.2. The highest BCUT2D eigenvalue weighted by atomic mass is 19.1. The average Bonchev–Trinajstić information content (AvgIpc) is 3.05. The van der Waals surface area contributed by atoms with Gasteiger partial charge in [-0.05, 0) is 47.5 Å². The fourth-order valence-electron chi connectivity index (χ4n) is 3.65. The lowest BCUT2D eigenvalue weighted by molar-refractivity contribution is -0.120. The SMILES string of the molecule is COc1ccc(C2=C(N(C)Cc3ccccc3)C(=O)N(c3ccc(F)cc3)C2=O)cc1. The van der Waals surface area contributed by atoms with Crippen molar-refractivity contribution in [2.45, 2.75) is 6.54 Å². The molecular formula is C25H21FN2O3. The molecule has 6 heteroatoms. The summed E-state index contributed by atoms with van der Waals surface area (Å²) >= 11 is 0. The molecule has 0 fully saturated rings. The number of hydrogen-bond acceptors (Lipinski definition) is 4. The van der Waals surface area contributed by atoms with Gasteiger partial charge in [0.25, 0.3) is 11.8 Å². The third-order valence-corrected chi connectivity index (χ3v) is 5.17. The summed E-state index contributed by atoms with van der Waals surface area (Å²) in [4.78, 5) is 29.7. The molecule has 2 amide bonds. The van der Waals surface area contributed by atoms with Crippen molar-refractivity contribution in [1.29, 1.82) is 0 Å². The number of carbonyl (C=O) groups is 2. The number of methoxy groups -OCH3 is 1. The number of carbonyl (C=O) groups excluding carboxylic acids is 2. The molecule has 0 unspecified atom stereocenters. The second-order valence-corrected chi connectivity index (χ2v) is 7.22. The maximum atomic E-state index is 13.4. The first kappa shape index (κ1) is 20.3. The minimum absolute atomic E-state index is 0.295. The Morgan fingerprint density at radius 2 is 1.52 bits per heavy atom. The summed E-state index contributed by atoms with van der Waals surface area (Å²) in [6.45, 7) is 0.451. The number of amides is 2. The first-order valence-corrected chi connectivity index (χ1v) is 9.77. The predicted octanol–water partition coefficient (Wildman–Crippen LogP) is 4.25. The van der Waals surface area contributed by atoms with Crippen molar-refractivity contribution in [2.24, 2.45) is 0 Å². The van der Waals surface area contributed by atoms with Crippen LogP contribution in [-0.4, -0.2) is 30.9 Å². The van der Waals surface area contributed by atoms with Crippen molar-refractivity contribution in [2.75, 3.05) is 19.1 Å². The van der Waals surface area contributed by atoms with Crippen LogP contribution in [0.25, 0.3) is 5.57 Å². The highest BCUT2D eigenvalue weighted by molar-refractivity contribution is 6.45. The van der Waals surface area contributed by atoms with Gasteiger partial charge in [0.1, 0.15) is 17.3 Å².